The Morgan fingerprint density at radius 1 is 1.40 bits per heavy atom. The second-order valence-corrected chi connectivity index (χ2v) is 9.28. The third-order valence-corrected chi connectivity index (χ3v) is 7.65. The lowest BCUT2D eigenvalue weighted by atomic mass is 10.0. The Balaban J connectivity index is 1.58. The molecule has 2 atom stereocenters. The number of fused-ring (bicyclic) bond motifs is 2. The molecule has 3 heterocycles. The molecular formula is C19H16ClN3O5S2. The predicted molar refractivity (Wildman–Crippen MR) is 116 cm³/mol. The first-order chi connectivity index (χ1) is 14.3. The van der Waals surface area contributed by atoms with E-state index >= 15 is 0 Å². The monoisotopic (exact) mass is 465 g/mol. The molecule has 11 heteroatoms. The van der Waals surface area contributed by atoms with Crippen LogP contribution in [0.5, 0.6) is 0 Å². The lowest BCUT2D eigenvalue weighted by Gasteiger charge is -2.49. The number of oxime groups is 1. The first-order valence-corrected chi connectivity index (χ1v) is 11.1. The van der Waals surface area contributed by atoms with E-state index in [1.165, 1.54) is 35.1 Å². The number of nitrogens with zero attached hydrogens (tertiary/aromatic N) is 2. The molecular weight excluding hydrogens is 450 g/mol. The fourth-order valence-corrected chi connectivity index (χ4v) is 6.06. The Labute approximate surface area is 184 Å². The summed E-state index contributed by atoms with van der Waals surface area (Å²) in [6.45, 7) is 1.68. The van der Waals surface area contributed by atoms with Crippen LogP contribution >= 0.6 is 34.7 Å². The van der Waals surface area contributed by atoms with Gasteiger partial charge >= 0.3 is 5.97 Å². The van der Waals surface area contributed by atoms with E-state index in [9.17, 15) is 19.5 Å². The number of aliphatic carboxylic acids is 1. The minimum atomic E-state index is -1.15. The van der Waals surface area contributed by atoms with Crippen molar-refractivity contribution in [3.63, 3.8) is 0 Å². The maximum absolute atomic E-state index is 12.9. The summed E-state index contributed by atoms with van der Waals surface area (Å²) in [6.07, 6.45) is 0. The number of carboxylic acid groups (broad SMARTS) is 1. The van der Waals surface area contributed by atoms with E-state index in [0.29, 0.717) is 21.2 Å². The van der Waals surface area contributed by atoms with Gasteiger partial charge in [0.05, 0.1) is 4.88 Å². The van der Waals surface area contributed by atoms with E-state index in [0.717, 1.165) is 10.1 Å². The van der Waals surface area contributed by atoms with Gasteiger partial charge < -0.3 is 15.3 Å². The molecule has 1 saturated heterocycles. The molecule has 0 aliphatic carbocycles. The van der Waals surface area contributed by atoms with Gasteiger partial charge in [0.1, 0.15) is 24.2 Å². The number of rotatable bonds is 5. The molecule has 156 valence electrons. The average Bonchev–Trinajstić information content (AvgIpc) is 3.14. The van der Waals surface area contributed by atoms with Gasteiger partial charge in [-0.1, -0.05) is 22.8 Å². The standard InChI is InChI=1S/C19H16ClN3O5S2/c1-8-7-29-18-14(17(25)23(18)15(8)19(26)27)21-16(24)13(22-28-2)12-6-9-10(20)4-3-5-11(9)30-12/h3-6,14,18H,7H2,1-2H3,(H,21,24)(H,26,27)/t14?,18-/m0/s1. The highest BCUT2D eigenvalue weighted by Crippen LogP contribution is 2.40. The van der Waals surface area contributed by atoms with Gasteiger partial charge in [-0.15, -0.1) is 23.1 Å². The molecule has 2 amide bonds. The number of amides is 2. The van der Waals surface area contributed by atoms with Crippen molar-refractivity contribution in [2.45, 2.75) is 18.3 Å². The normalized spacial score (nSPS) is 21.4. The Morgan fingerprint density at radius 2 is 2.17 bits per heavy atom. The van der Waals surface area contributed by atoms with Gasteiger partial charge in [-0.05, 0) is 30.7 Å². The number of hydrogen-bond acceptors (Lipinski definition) is 7. The summed E-state index contributed by atoms with van der Waals surface area (Å²) in [5.41, 5.74) is 0.622. The van der Waals surface area contributed by atoms with E-state index in [-0.39, 0.29) is 11.4 Å². The van der Waals surface area contributed by atoms with Crippen molar-refractivity contribution < 1.29 is 24.3 Å². The number of benzene rings is 1. The Morgan fingerprint density at radius 3 is 2.83 bits per heavy atom. The fourth-order valence-electron chi connectivity index (χ4n) is 3.42. The third-order valence-electron chi connectivity index (χ3n) is 4.79. The molecule has 0 spiro atoms. The van der Waals surface area contributed by atoms with Crippen LogP contribution in [0, 0.1) is 0 Å². The van der Waals surface area contributed by atoms with Crippen LogP contribution in [-0.2, 0) is 19.2 Å². The largest absolute Gasteiger partial charge is 0.477 e. The highest BCUT2D eigenvalue weighted by atomic mass is 35.5. The lowest BCUT2D eigenvalue weighted by molar-refractivity contribution is -0.150. The van der Waals surface area contributed by atoms with Crippen LogP contribution in [0.15, 0.2) is 40.7 Å². The topological polar surface area (TPSA) is 108 Å². The maximum Gasteiger partial charge on any atom is 0.352 e. The molecule has 8 nitrogen and oxygen atoms in total. The van der Waals surface area contributed by atoms with Gasteiger partial charge in [-0.25, -0.2) is 4.79 Å². The number of β-lactam (4-membered cyclic amide) rings is 1. The highest BCUT2D eigenvalue weighted by Gasteiger charge is 2.54. The average molecular weight is 466 g/mol. The molecule has 2 aliphatic heterocycles. The number of carbonyl (C=O) groups is 3. The number of thioether (sulfide) groups is 1. The molecule has 2 aromatic rings. The van der Waals surface area contributed by atoms with Gasteiger partial charge in [0, 0.05) is 20.9 Å². The molecule has 2 aliphatic rings. The first-order valence-electron chi connectivity index (χ1n) is 8.81. The van der Waals surface area contributed by atoms with E-state index in [1.54, 1.807) is 19.1 Å². The number of carboxylic acids is 1. The second-order valence-electron chi connectivity index (χ2n) is 6.68. The van der Waals surface area contributed by atoms with Crippen LogP contribution < -0.4 is 5.32 Å². The zero-order valence-corrected chi connectivity index (χ0v) is 18.2. The maximum atomic E-state index is 12.9. The molecule has 0 saturated carbocycles. The van der Waals surface area contributed by atoms with Crippen molar-refractivity contribution in [3.8, 4) is 0 Å². The number of carbonyl (C=O) groups excluding carboxylic acids is 2. The Hall–Kier alpha value is -2.56. The summed E-state index contributed by atoms with van der Waals surface area (Å²) >= 11 is 8.96. The summed E-state index contributed by atoms with van der Waals surface area (Å²) in [7, 11) is 1.33. The minimum Gasteiger partial charge on any atom is -0.477 e. The molecule has 0 radical (unpaired) electrons. The lowest BCUT2D eigenvalue weighted by Crippen LogP contribution is -2.71. The van der Waals surface area contributed by atoms with Gasteiger partial charge in [-0.2, -0.15) is 0 Å². The SMILES string of the molecule is CON=C(C(=O)NC1C(=O)N2C(C(=O)O)=C(C)CS[C@@H]12)c1cc2c(Cl)cccc2s1. The number of halogens is 1. The second kappa shape index (κ2) is 7.93. The van der Waals surface area contributed by atoms with Gasteiger partial charge in [0.2, 0.25) is 0 Å². The van der Waals surface area contributed by atoms with Gasteiger partial charge in [0.15, 0.2) is 5.71 Å². The highest BCUT2D eigenvalue weighted by molar-refractivity contribution is 8.00. The Bertz CT molecular complexity index is 1140. The molecule has 4 rings (SSSR count). The van der Waals surface area contributed by atoms with Crippen molar-refractivity contribution in [1.29, 1.82) is 0 Å². The summed E-state index contributed by atoms with van der Waals surface area (Å²) in [5, 5.41) is 16.8. The smallest absolute Gasteiger partial charge is 0.352 e. The number of nitrogens with one attached hydrogen (secondary N) is 1. The van der Waals surface area contributed by atoms with E-state index in [4.69, 9.17) is 16.4 Å². The van der Waals surface area contributed by atoms with E-state index in [1.807, 2.05) is 12.1 Å². The van der Waals surface area contributed by atoms with Crippen LogP contribution in [0.3, 0.4) is 0 Å². The molecule has 1 fully saturated rings. The third kappa shape index (κ3) is 3.34. The van der Waals surface area contributed by atoms with Crippen LogP contribution in [0.2, 0.25) is 5.02 Å². The van der Waals surface area contributed by atoms with Gasteiger partial charge in [0.25, 0.3) is 11.8 Å². The molecule has 0 bridgehead atoms. The van der Waals surface area contributed by atoms with Crippen LogP contribution in [0.4, 0.5) is 0 Å². The molecule has 30 heavy (non-hydrogen) atoms. The first kappa shape index (κ1) is 20.7. The molecule has 1 unspecified atom stereocenters. The summed E-state index contributed by atoms with van der Waals surface area (Å²) in [6, 6.07) is 6.36. The minimum absolute atomic E-state index is 0.0146. The Kier molecular flexibility index (Phi) is 5.48. The van der Waals surface area contributed by atoms with Crippen molar-refractivity contribution >= 4 is 68.3 Å². The van der Waals surface area contributed by atoms with Crippen molar-refractivity contribution in [1.82, 2.24) is 10.2 Å². The van der Waals surface area contributed by atoms with Crippen molar-refractivity contribution in [2.75, 3.05) is 12.9 Å². The predicted octanol–water partition coefficient (Wildman–Crippen LogP) is 2.66. The quantitative estimate of drug-likeness (QED) is 0.399. The zero-order chi connectivity index (χ0) is 21.6. The number of thiophene rings is 1. The zero-order valence-electron chi connectivity index (χ0n) is 15.8. The summed E-state index contributed by atoms with van der Waals surface area (Å²) in [5.74, 6) is -1.73. The summed E-state index contributed by atoms with van der Waals surface area (Å²) < 4.78 is 0.884. The molecule has 1 aromatic heterocycles. The molecule has 1 aromatic carbocycles. The fraction of sp³-hybridized carbons (Fsp3) is 0.263. The van der Waals surface area contributed by atoms with Crippen LogP contribution in [-0.4, -0.2) is 57.8 Å². The van der Waals surface area contributed by atoms with E-state index in [2.05, 4.69) is 10.5 Å². The molecule has 2 N–H and O–H groups in total. The van der Waals surface area contributed by atoms with Crippen molar-refractivity contribution in [3.05, 3.63) is 45.4 Å². The number of hydrogen-bond donors (Lipinski definition) is 2. The van der Waals surface area contributed by atoms with Crippen molar-refractivity contribution in [2.24, 2.45) is 5.16 Å². The van der Waals surface area contributed by atoms with Crippen LogP contribution in [0.25, 0.3) is 10.1 Å². The summed E-state index contributed by atoms with van der Waals surface area (Å²) in [4.78, 5) is 43.7. The van der Waals surface area contributed by atoms with Crippen LogP contribution in [0.1, 0.15) is 11.8 Å². The van der Waals surface area contributed by atoms with E-state index < -0.39 is 29.2 Å². The van der Waals surface area contributed by atoms with Gasteiger partial charge in [-0.3, -0.25) is 14.5 Å².